The molecule has 0 spiro atoms. The molecule has 96 valence electrons. The first-order valence-electron chi connectivity index (χ1n) is 5.20. The van der Waals surface area contributed by atoms with Gasteiger partial charge in [-0.25, -0.2) is 0 Å². The largest absolute Gasteiger partial charge is 0.673 e. The molecule has 0 bridgehead atoms. The topological polar surface area (TPSA) is 20.1 Å². The third-order valence-corrected chi connectivity index (χ3v) is 3.44. The van der Waals surface area contributed by atoms with Crippen molar-refractivity contribution in [1.29, 1.82) is 0 Å². The Hall–Kier alpha value is -0.615. The van der Waals surface area contributed by atoms with Crippen molar-refractivity contribution in [2.75, 3.05) is 6.54 Å². The van der Waals surface area contributed by atoms with Crippen LogP contribution in [0.15, 0.2) is 0 Å². The van der Waals surface area contributed by atoms with E-state index >= 15 is 0 Å². The summed E-state index contributed by atoms with van der Waals surface area (Å²) >= 11 is 0. The minimum atomic E-state index is -6.00. The first kappa shape index (κ1) is 15.4. The molecule has 2 nitrogen and oxygen atoms in total. The molecule has 0 saturated carbocycles. The summed E-state index contributed by atoms with van der Waals surface area (Å²) < 4.78 is 40.2. The summed E-state index contributed by atoms with van der Waals surface area (Å²) in [6.07, 6.45) is 2.21. The summed E-state index contributed by atoms with van der Waals surface area (Å²) in [5.41, 5.74) is -0.0295. The van der Waals surface area contributed by atoms with Gasteiger partial charge in [-0.1, -0.05) is 13.8 Å². The Bertz CT molecular complexity index is 257. The molecule has 0 atom stereocenters. The molecule has 0 aromatic heterocycles. The van der Waals surface area contributed by atoms with Crippen LogP contribution in [-0.2, 0) is 0 Å². The van der Waals surface area contributed by atoms with Gasteiger partial charge in [-0.15, -0.1) is 0 Å². The normalized spacial score (nSPS) is 23.4. The molecule has 1 heterocycles. The second-order valence-electron chi connectivity index (χ2n) is 5.14. The van der Waals surface area contributed by atoms with Gasteiger partial charge in [0.15, 0.2) is 6.54 Å². The zero-order chi connectivity index (χ0) is 13.2. The smallest absolute Gasteiger partial charge is 0.418 e. The minimum absolute atomic E-state index is 0.160. The monoisotopic (exact) mass is 243 g/mol. The van der Waals surface area contributed by atoms with Crippen molar-refractivity contribution in [2.24, 2.45) is 5.41 Å². The Labute approximate surface area is 93.1 Å². The number of halogens is 4. The van der Waals surface area contributed by atoms with Gasteiger partial charge in [0.2, 0.25) is 5.54 Å². The zero-order valence-electron chi connectivity index (χ0n) is 10.1. The first-order valence-corrected chi connectivity index (χ1v) is 5.20. The van der Waals surface area contributed by atoms with Crippen LogP contribution in [0.25, 0.3) is 0 Å². The highest BCUT2D eigenvalue weighted by molar-refractivity contribution is 6.50. The van der Waals surface area contributed by atoms with Gasteiger partial charge in [-0.05, 0) is 6.42 Å². The SMILES string of the molecule is CC1(C)CCC[N+](=O)C1(C)C.F[B-](F)(F)F. The van der Waals surface area contributed by atoms with Crippen LogP contribution in [0.1, 0.15) is 40.5 Å². The third-order valence-electron chi connectivity index (χ3n) is 3.44. The lowest BCUT2D eigenvalue weighted by Crippen LogP contribution is -2.51. The summed E-state index contributed by atoms with van der Waals surface area (Å²) in [6.45, 7) is 9.14. The fourth-order valence-corrected chi connectivity index (χ4v) is 1.59. The predicted octanol–water partition coefficient (Wildman–Crippen LogP) is 3.66. The molecule has 1 fully saturated rings. The highest BCUT2D eigenvalue weighted by Crippen LogP contribution is 2.40. The molecule has 1 aliphatic heterocycles. The Morgan fingerprint density at radius 1 is 1.06 bits per heavy atom. The van der Waals surface area contributed by atoms with Crippen LogP contribution >= 0.6 is 0 Å². The predicted molar refractivity (Wildman–Crippen MR) is 55.8 cm³/mol. The van der Waals surface area contributed by atoms with Crippen LogP contribution < -0.4 is 0 Å². The number of rotatable bonds is 0. The van der Waals surface area contributed by atoms with Crippen molar-refractivity contribution in [3.63, 3.8) is 0 Å². The van der Waals surface area contributed by atoms with Crippen molar-refractivity contribution in [2.45, 2.75) is 46.1 Å². The van der Waals surface area contributed by atoms with E-state index in [-0.39, 0.29) is 11.0 Å². The highest BCUT2D eigenvalue weighted by atomic mass is 19.5. The number of nitroso groups, excluding NO2 is 1. The Balaban J connectivity index is 0.000000385. The van der Waals surface area contributed by atoms with Crippen molar-refractivity contribution >= 4 is 7.25 Å². The lowest BCUT2D eigenvalue weighted by Gasteiger charge is -2.37. The van der Waals surface area contributed by atoms with Crippen LogP contribution in [0.4, 0.5) is 17.3 Å². The van der Waals surface area contributed by atoms with E-state index < -0.39 is 7.25 Å². The van der Waals surface area contributed by atoms with E-state index in [4.69, 9.17) is 0 Å². The fourth-order valence-electron chi connectivity index (χ4n) is 1.59. The van der Waals surface area contributed by atoms with E-state index in [1.54, 1.807) is 0 Å². The van der Waals surface area contributed by atoms with Gasteiger partial charge in [0.05, 0.1) is 0 Å². The molecular formula is C9H18BF4NO. The molecule has 16 heavy (non-hydrogen) atoms. The molecule has 0 aromatic carbocycles. The second-order valence-corrected chi connectivity index (χ2v) is 5.14. The number of nitrogens with zero attached hydrogens (tertiary/aromatic N) is 1. The van der Waals surface area contributed by atoms with Crippen molar-refractivity contribution < 1.29 is 22.0 Å². The molecule has 0 unspecified atom stereocenters. The van der Waals surface area contributed by atoms with E-state index in [1.165, 1.54) is 11.2 Å². The fraction of sp³-hybridized carbons (Fsp3) is 1.00. The lowest BCUT2D eigenvalue weighted by molar-refractivity contribution is -0.648. The maximum atomic E-state index is 11.4. The number of piperidine rings is 1. The summed E-state index contributed by atoms with van der Waals surface area (Å²) in [4.78, 5) is 11.4. The van der Waals surface area contributed by atoms with Crippen LogP contribution in [0, 0.1) is 10.3 Å². The van der Waals surface area contributed by atoms with E-state index in [9.17, 15) is 22.2 Å². The maximum absolute atomic E-state index is 11.4. The molecule has 0 aromatic rings. The Morgan fingerprint density at radius 2 is 1.44 bits per heavy atom. The summed E-state index contributed by atoms with van der Waals surface area (Å²) in [6, 6.07) is 0. The maximum Gasteiger partial charge on any atom is 0.673 e. The molecule has 0 N–H and O–H groups in total. The molecule has 0 amide bonds. The van der Waals surface area contributed by atoms with Gasteiger partial charge in [-0.2, -0.15) is 0 Å². The van der Waals surface area contributed by atoms with Crippen LogP contribution in [0.5, 0.6) is 0 Å². The Morgan fingerprint density at radius 3 is 1.69 bits per heavy atom. The second kappa shape index (κ2) is 4.71. The standard InChI is InChI=1S/C9H18NO.BF4/c1-8(2)6-5-7-10(11)9(8,3)4;2-1(3,4)5/h5-7H2,1-4H3;/q+1;-1. The summed E-state index contributed by atoms with van der Waals surface area (Å²) in [5, 5.41) is 0. The van der Waals surface area contributed by atoms with Crippen molar-refractivity contribution in [3.8, 4) is 0 Å². The van der Waals surface area contributed by atoms with Gasteiger partial charge < -0.3 is 17.3 Å². The third kappa shape index (κ3) is 4.49. The molecule has 0 aliphatic carbocycles. The van der Waals surface area contributed by atoms with Gasteiger partial charge in [0.25, 0.3) is 0 Å². The first-order chi connectivity index (χ1) is 6.88. The van der Waals surface area contributed by atoms with Crippen molar-refractivity contribution in [1.82, 2.24) is 0 Å². The quantitative estimate of drug-likeness (QED) is 0.361. The van der Waals surface area contributed by atoms with Gasteiger partial charge >= 0.3 is 7.25 Å². The molecule has 1 aliphatic rings. The lowest BCUT2D eigenvalue weighted by atomic mass is 9.69. The average molecular weight is 243 g/mol. The van der Waals surface area contributed by atoms with Crippen LogP contribution in [0.3, 0.4) is 0 Å². The van der Waals surface area contributed by atoms with Crippen LogP contribution in [-0.4, -0.2) is 24.1 Å². The summed E-state index contributed by atoms with van der Waals surface area (Å²) in [5.74, 6) is 0. The molecule has 1 rings (SSSR count). The van der Waals surface area contributed by atoms with E-state index in [0.29, 0.717) is 6.54 Å². The van der Waals surface area contributed by atoms with Gasteiger partial charge in [-0.3, -0.25) is 0 Å². The number of hydrogen-bond acceptors (Lipinski definition) is 1. The zero-order valence-corrected chi connectivity index (χ0v) is 10.1. The summed E-state index contributed by atoms with van der Waals surface area (Å²) in [7, 11) is -6.00. The van der Waals surface area contributed by atoms with Gasteiger partial charge in [0.1, 0.15) is 0 Å². The average Bonchev–Trinajstić information content (AvgIpc) is 1.97. The highest BCUT2D eigenvalue weighted by Gasteiger charge is 2.51. The molecule has 1 saturated heterocycles. The number of hydrogen-bond donors (Lipinski definition) is 0. The molecule has 7 heteroatoms. The minimum Gasteiger partial charge on any atom is -0.418 e. The van der Waals surface area contributed by atoms with Gasteiger partial charge in [0, 0.05) is 35.4 Å². The van der Waals surface area contributed by atoms with E-state index in [2.05, 4.69) is 13.8 Å². The van der Waals surface area contributed by atoms with E-state index in [1.807, 2.05) is 13.8 Å². The van der Waals surface area contributed by atoms with Crippen molar-refractivity contribution in [3.05, 3.63) is 4.91 Å². The van der Waals surface area contributed by atoms with Crippen LogP contribution in [0.2, 0.25) is 0 Å². The van der Waals surface area contributed by atoms with E-state index in [0.717, 1.165) is 6.42 Å². The Kier molecular flexibility index (Phi) is 4.53. The molecule has 0 radical (unpaired) electrons. The molecular weight excluding hydrogens is 225 g/mol.